The van der Waals surface area contributed by atoms with Crippen molar-refractivity contribution in [3.8, 4) is 5.75 Å². The number of carbonyl (C=O) groups is 1. The number of amides is 1. The fraction of sp³-hybridized carbons (Fsp3) is 0.423. The molecule has 1 fully saturated rings. The summed E-state index contributed by atoms with van der Waals surface area (Å²) in [5.41, 5.74) is 3.24. The summed E-state index contributed by atoms with van der Waals surface area (Å²) in [5.74, 6) is 3.78. The smallest absolute Gasteiger partial charge is 0.289 e. The Labute approximate surface area is 195 Å². The van der Waals surface area contributed by atoms with Gasteiger partial charge in [-0.05, 0) is 44.5 Å². The van der Waals surface area contributed by atoms with Gasteiger partial charge in [0.1, 0.15) is 29.8 Å². The van der Waals surface area contributed by atoms with E-state index >= 15 is 0 Å². The van der Waals surface area contributed by atoms with E-state index in [0.717, 1.165) is 41.7 Å². The highest BCUT2D eigenvalue weighted by Crippen LogP contribution is 2.22. The molecule has 0 unspecified atom stereocenters. The number of aromatic nitrogens is 2. The molecule has 0 bridgehead atoms. The minimum Gasteiger partial charge on any atom is -0.485 e. The predicted octanol–water partition coefficient (Wildman–Crippen LogP) is 4.66. The van der Waals surface area contributed by atoms with E-state index in [4.69, 9.17) is 14.1 Å². The van der Waals surface area contributed by atoms with Crippen molar-refractivity contribution in [3.63, 3.8) is 0 Å². The topological polar surface area (TPSA) is 71.7 Å². The zero-order chi connectivity index (χ0) is 23.5. The quantitative estimate of drug-likeness (QED) is 0.546. The summed E-state index contributed by atoms with van der Waals surface area (Å²) in [4.78, 5) is 26.3. The van der Waals surface area contributed by atoms with Crippen molar-refractivity contribution in [1.82, 2.24) is 14.9 Å². The van der Waals surface area contributed by atoms with E-state index < -0.39 is 0 Å². The number of hydrogen-bond acceptors (Lipinski definition) is 6. The number of piperazine rings is 1. The van der Waals surface area contributed by atoms with Gasteiger partial charge >= 0.3 is 0 Å². The molecule has 33 heavy (non-hydrogen) atoms. The molecular formula is C26H32N4O3. The highest BCUT2D eigenvalue weighted by molar-refractivity contribution is 5.91. The standard InChI is InChI=1S/C26H32N4O3/c1-17(2)25-27-20(5)15-24(28-25)29-10-12-30(13-11-29)26(31)23-9-7-21(33-23)16-32-22-8-6-18(3)14-19(22)4/h6-9,14-15,17H,10-13,16H2,1-5H3. The molecule has 7 heteroatoms. The summed E-state index contributed by atoms with van der Waals surface area (Å²) in [6.45, 7) is 13.2. The summed E-state index contributed by atoms with van der Waals surface area (Å²) >= 11 is 0. The van der Waals surface area contributed by atoms with E-state index in [-0.39, 0.29) is 18.4 Å². The fourth-order valence-corrected chi connectivity index (χ4v) is 3.97. The summed E-state index contributed by atoms with van der Waals surface area (Å²) in [6.07, 6.45) is 0. The van der Waals surface area contributed by atoms with Crippen LogP contribution in [0.2, 0.25) is 0 Å². The van der Waals surface area contributed by atoms with Gasteiger partial charge in [-0.2, -0.15) is 0 Å². The Bertz CT molecular complexity index is 1130. The average Bonchev–Trinajstić information content (AvgIpc) is 3.27. The first kappa shape index (κ1) is 22.8. The van der Waals surface area contributed by atoms with Crippen molar-refractivity contribution in [2.75, 3.05) is 31.1 Å². The van der Waals surface area contributed by atoms with Crippen molar-refractivity contribution < 1.29 is 13.9 Å². The van der Waals surface area contributed by atoms with Crippen LogP contribution in [0, 0.1) is 20.8 Å². The number of anilines is 1. The van der Waals surface area contributed by atoms with Gasteiger partial charge in [0.2, 0.25) is 0 Å². The van der Waals surface area contributed by atoms with E-state index in [9.17, 15) is 4.79 Å². The predicted molar refractivity (Wildman–Crippen MR) is 128 cm³/mol. The third-order valence-electron chi connectivity index (χ3n) is 5.84. The molecule has 2 aromatic heterocycles. The van der Waals surface area contributed by atoms with Gasteiger partial charge in [0, 0.05) is 43.9 Å². The fourth-order valence-electron chi connectivity index (χ4n) is 3.97. The van der Waals surface area contributed by atoms with Crippen LogP contribution >= 0.6 is 0 Å². The van der Waals surface area contributed by atoms with Crippen LogP contribution in [0.3, 0.4) is 0 Å². The van der Waals surface area contributed by atoms with E-state index in [1.165, 1.54) is 5.56 Å². The molecule has 1 amide bonds. The van der Waals surface area contributed by atoms with Crippen LogP contribution < -0.4 is 9.64 Å². The van der Waals surface area contributed by atoms with Crippen molar-refractivity contribution >= 4 is 11.7 Å². The van der Waals surface area contributed by atoms with Crippen LogP contribution in [0.1, 0.15) is 58.7 Å². The van der Waals surface area contributed by atoms with Gasteiger partial charge in [0.25, 0.3) is 5.91 Å². The van der Waals surface area contributed by atoms with Gasteiger partial charge in [-0.1, -0.05) is 31.5 Å². The molecule has 3 heterocycles. The minimum absolute atomic E-state index is 0.0887. The maximum Gasteiger partial charge on any atom is 0.289 e. The normalized spacial score (nSPS) is 14.1. The van der Waals surface area contributed by atoms with Gasteiger partial charge < -0.3 is 19.0 Å². The van der Waals surface area contributed by atoms with E-state index in [0.29, 0.717) is 24.6 Å². The number of hydrogen-bond donors (Lipinski definition) is 0. The average molecular weight is 449 g/mol. The molecule has 0 N–H and O–H groups in total. The number of carbonyl (C=O) groups excluding carboxylic acids is 1. The van der Waals surface area contributed by atoms with Crippen LogP contribution in [-0.2, 0) is 6.61 Å². The van der Waals surface area contributed by atoms with Crippen molar-refractivity contribution in [2.45, 2.75) is 47.1 Å². The SMILES string of the molecule is Cc1ccc(OCc2ccc(C(=O)N3CCN(c4cc(C)nc(C(C)C)n4)CC3)o2)c(C)c1. The summed E-state index contributed by atoms with van der Waals surface area (Å²) in [5, 5.41) is 0. The summed E-state index contributed by atoms with van der Waals surface area (Å²) in [6, 6.07) is 11.6. The van der Waals surface area contributed by atoms with Crippen LogP contribution in [0.25, 0.3) is 0 Å². The van der Waals surface area contributed by atoms with Gasteiger partial charge in [-0.3, -0.25) is 4.79 Å². The molecule has 0 spiro atoms. The number of aryl methyl sites for hydroxylation is 3. The maximum absolute atomic E-state index is 13.0. The first-order valence-corrected chi connectivity index (χ1v) is 11.5. The van der Waals surface area contributed by atoms with Gasteiger partial charge in [-0.25, -0.2) is 9.97 Å². The van der Waals surface area contributed by atoms with E-state index in [2.05, 4.69) is 36.7 Å². The molecule has 4 rings (SSSR count). The third-order valence-corrected chi connectivity index (χ3v) is 5.84. The van der Waals surface area contributed by atoms with Gasteiger partial charge in [-0.15, -0.1) is 0 Å². The maximum atomic E-state index is 13.0. The first-order valence-electron chi connectivity index (χ1n) is 11.5. The minimum atomic E-state index is -0.0887. The lowest BCUT2D eigenvalue weighted by Gasteiger charge is -2.35. The molecule has 0 atom stereocenters. The Hall–Kier alpha value is -3.35. The Balaban J connectivity index is 1.34. The molecule has 1 aromatic carbocycles. The summed E-state index contributed by atoms with van der Waals surface area (Å²) in [7, 11) is 0. The number of benzene rings is 1. The van der Waals surface area contributed by atoms with Crippen molar-refractivity contribution in [1.29, 1.82) is 0 Å². The zero-order valence-corrected chi connectivity index (χ0v) is 20.1. The first-order chi connectivity index (χ1) is 15.8. The van der Waals surface area contributed by atoms with Crippen LogP contribution in [0.4, 0.5) is 5.82 Å². The number of rotatable bonds is 6. The van der Waals surface area contributed by atoms with Crippen molar-refractivity contribution in [3.05, 3.63) is 70.6 Å². The Kier molecular flexibility index (Phi) is 6.67. The van der Waals surface area contributed by atoms with Gasteiger partial charge in [0.05, 0.1) is 0 Å². The van der Waals surface area contributed by atoms with Crippen LogP contribution in [0.15, 0.2) is 40.8 Å². The summed E-state index contributed by atoms with van der Waals surface area (Å²) < 4.78 is 11.7. The number of furan rings is 1. The second-order valence-corrected chi connectivity index (χ2v) is 8.98. The lowest BCUT2D eigenvalue weighted by molar-refractivity contribution is 0.0710. The molecule has 7 nitrogen and oxygen atoms in total. The molecule has 0 aliphatic carbocycles. The highest BCUT2D eigenvalue weighted by Gasteiger charge is 2.25. The Morgan fingerprint density at radius 1 is 1.03 bits per heavy atom. The molecule has 174 valence electrons. The lowest BCUT2D eigenvalue weighted by atomic mass is 10.1. The van der Waals surface area contributed by atoms with Crippen LogP contribution in [0.5, 0.6) is 5.75 Å². The zero-order valence-electron chi connectivity index (χ0n) is 20.1. The molecule has 0 saturated carbocycles. The third kappa shape index (κ3) is 5.35. The number of ether oxygens (including phenoxy) is 1. The molecule has 1 aliphatic rings. The van der Waals surface area contributed by atoms with E-state index in [1.54, 1.807) is 6.07 Å². The monoisotopic (exact) mass is 448 g/mol. The molecular weight excluding hydrogens is 416 g/mol. The molecule has 0 radical (unpaired) electrons. The van der Waals surface area contributed by atoms with Crippen molar-refractivity contribution in [2.24, 2.45) is 0 Å². The number of nitrogens with zero attached hydrogens (tertiary/aromatic N) is 4. The second-order valence-electron chi connectivity index (χ2n) is 8.98. The van der Waals surface area contributed by atoms with Crippen LogP contribution in [-0.4, -0.2) is 47.0 Å². The van der Waals surface area contributed by atoms with E-state index in [1.807, 2.05) is 43.0 Å². The Morgan fingerprint density at radius 2 is 1.79 bits per heavy atom. The lowest BCUT2D eigenvalue weighted by Crippen LogP contribution is -2.49. The molecule has 3 aromatic rings. The molecule has 1 saturated heterocycles. The second kappa shape index (κ2) is 9.65. The Morgan fingerprint density at radius 3 is 2.48 bits per heavy atom. The molecule has 1 aliphatic heterocycles. The highest BCUT2D eigenvalue weighted by atomic mass is 16.5. The van der Waals surface area contributed by atoms with Gasteiger partial charge in [0.15, 0.2) is 5.76 Å². The largest absolute Gasteiger partial charge is 0.485 e.